The quantitative estimate of drug-likeness (QED) is 0.00570. The highest BCUT2D eigenvalue weighted by atomic mass is 32.2. The Morgan fingerprint density at radius 2 is 0.839 bits per heavy atom. The van der Waals surface area contributed by atoms with E-state index in [1.165, 1.54) is 12.2 Å². The number of carbonyl (C=O) groups is 8. The Morgan fingerprint density at radius 3 is 1.25 bits per heavy atom. The second-order valence-electron chi connectivity index (χ2n) is 30.2. The number of esters is 1. The zero-order valence-electron chi connectivity index (χ0n) is 71.4. The van der Waals surface area contributed by atoms with Gasteiger partial charge in [-0.1, -0.05) is 240 Å². The molecule has 7 aromatic rings. The van der Waals surface area contributed by atoms with Crippen LogP contribution in [0.5, 0.6) is 0 Å². The maximum atomic E-state index is 13.4. The fourth-order valence-corrected chi connectivity index (χ4v) is 14.7. The van der Waals surface area contributed by atoms with E-state index in [4.69, 9.17) is 33.9 Å². The van der Waals surface area contributed by atoms with E-state index >= 15 is 0 Å². The molecule has 0 spiro atoms. The molecule has 13 N–H and O–H groups in total. The molecule has 0 aliphatic rings. The van der Waals surface area contributed by atoms with Crippen molar-refractivity contribution in [3.63, 3.8) is 0 Å². The fraction of sp³-hybridized carbons (Fsp3) is 0.393. The van der Waals surface area contributed by atoms with Crippen LogP contribution in [0, 0.1) is 11.8 Å². The molecule has 1 unspecified atom stereocenters. The maximum Gasteiger partial charge on any atom is 0.408 e. The van der Waals surface area contributed by atoms with Crippen molar-refractivity contribution in [3.8, 4) is 0 Å². The third-order valence-electron chi connectivity index (χ3n) is 17.0. The largest absolute Gasteiger partial charge is 0.465 e. The Kier molecular flexibility index (Phi) is 47.5. The van der Waals surface area contributed by atoms with Crippen LogP contribution < -0.4 is 53.4 Å². The Morgan fingerprint density at radius 1 is 0.452 bits per heavy atom. The standard InChI is InChI=1S/C30H41N3O7S.C25H33N3O5S.C20H24N2O5S.C14H22N2O4S/c1-22(2)21-39-41(37,38)18-12-17-31-27(34)25(19-23-13-8-6-9-14-23)32-28(35)26(20-24-15-10-7-11-16-24)33-29(36)40-30(3,4)5;1-19(2)18-33-34(31,32)15-9-14-27-25(30)23(17-21-12-7-4-8-13-21)28-24(29)22(26)16-20-10-5-3-6-11-20;23-19(12-11-16-7-3-1-4-8-16)22-18(15-17-9-5-2-6-10-17)20(24)21-13-14-28(25,26)27;1-2-20-14(17)13(11-12-7-4-3-5-8-12)16-21(18,19)10-6-9-15/h6-11,13-16,19,22,26H,12,17-18,20-21H2,1-5H3,(H,31,34)(H,32,35)(H,33,36);3-8,10-13,16,19,23H,9,14-15,17-18,26H2,1-2H3,(H,27,30)(H,28,29);1-10,18H,11-15H2,(H,21,24)(H,22,23)(H,25,26,27);3-5,7-8,13,16H,2,6,9-11,15H2,1H3/b25-19+;22-16-;;/t26-;23-;;13-/m00.0/s1. The van der Waals surface area contributed by atoms with Crippen LogP contribution in [0.2, 0.25) is 0 Å². The summed E-state index contributed by atoms with van der Waals surface area (Å²) < 4.78 is 125. The van der Waals surface area contributed by atoms with E-state index in [9.17, 15) is 72.0 Å². The first-order chi connectivity index (χ1) is 58.7. The normalized spacial score (nSPS) is 12.7. The van der Waals surface area contributed by atoms with Crippen molar-refractivity contribution in [2.24, 2.45) is 23.3 Å². The van der Waals surface area contributed by atoms with Crippen molar-refractivity contribution in [1.29, 1.82) is 0 Å². The van der Waals surface area contributed by atoms with E-state index < -0.39 is 117 Å². The van der Waals surface area contributed by atoms with Gasteiger partial charge in [0.1, 0.15) is 35.5 Å². The lowest BCUT2D eigenvalue weighted by molar-refractivity contribution is -0.145. The van der Waals surface area contributed by atoms with E-state index in [-0.39, 0.29) is 137 Å². The van der Waals surface area contributed by atoms with Crippen LogP contribution in [0.1, 0.15) is 120 Å². The smallest absolute Gasteiger partial charge is 0.408 e. The second kappa shape index (κ2) is 56.0. The highest BCUT2D eigenvalue weighted by Gasteiger charge is 2.30. The summed E-state index contributed by atoms with van der Waals surface area (Å²) in [4.78, 5) is 101. The summed E-state index contributed by atoms with van der Waals surface area (Å²) in [5, 5.41) is 18.5. The molecule has 7 aromatic carbocycles. The van der Waals surface area contributed by atoms with Crippen molar-refractivity contribution < 1.29 is 94.4 Å². The summed E-state index contributed by atoms with van der Waals surface area (Å²) in [7, 11) is -15.1. The monoisotopic (exact) mass is 1790 g/mol. The number of amides is 7. The first-order valence-electron chi connectivity index (χ1n) is 40.5. The van der Waals surface area contributed by atoms with E-state index in [2.05, 4.69) is 41.9 Å². The molecular weight excluding hydrogens is 1670 g/mol. The Hall–Kier alpha value is -11.0. The van der Waals surface area contributed by atoms with Gasteiger partial charge < -0.3 is 58.2 Å². The Bertz CT molecular complexity index is 4950. The predicted octanol–water partition coefficient (Wildman–Crippen LogP) is 7.79. The first kappa shape index (κ1) is 105. The number of ether oxygens (including phenoxy) is 2. The number of benzene rings is 7. The summed E-state index contributed by atoms with van der Waals surface area (Å²) in [6, 6.07) is 60.7. The summed E-state index contributed by atoms with van der Waals surface area (Å²) in [6.45, 7) is 14.9. The fourth-order valence-electron chi connectivity index (χ4n) is 10.9. The minimum absolute atomic E-state index is 0.0227. The molecule has 31 nitrogen and oxygen atoms in total. The summed E-state index contributed by atoms with van der Waals surface area (Å²) in [6.07, 6.45) is 4.64. The van der Waals surface area contributed by atoms with Gasteiger partial charge in [0, 0.05) is 45.3 Å². The van der Waals surface area contributed by atoms with Crippen molar-refractivity contribution in [3.05, 3.63) is 263 Å². The van der Waals surface area contributed by atoms with Crippen LogP contribution in [0.3, 0.4) is 0 Å². The molecule has 7 rings (SSSR count). The zero-order chi connectivity index (χ0) is 91.6. The zero-order valence-corrected chi connectivity index (χ0v) is 74.6. The van der Waals surface area contributed by atoms with Crippen LogP contribution in [-0.2, 0) is 124 Å². The van der Waals surface area contributed by atoms with Crippen LogP contribution in [0.25, 0.3) is 12.2 Å². The number of rotatable bonds is 46. The van der Waals surface area contributed by atoms with Gasteiger partial charge in [-0.2, -0.15) is 25.3 Å². The van der Waals surface area contributed by atoms with Crippen LogP contribution >= 0.6 is 0 Å². The van der Waals surface area contributed by atoms with Gasteiger partial charge in [0.25, 0.3) is 42.2 Å². The average Bonchev–Trinajstić information content (AvgIpc) is 0.879. The molecule has 0 aromatic heterocycles. The van der Waals surface area contributed by atoms with E-state index in [1.54, 1.807) is 52.0 Å². The number of nitrogens with one attached hydrogen (secondary N) is 8. The van der Waals surface area contributed by atoms with Crippen molar-refractivity contribution >= 4 is 100 Å². The number of carbonyl (C=O) groups excluding carboxylic acids is 8. The molecule has 0 aliphatic carbocycles. The third kappa shape index (κ3) is 48.1. The minimum Gasteiger partial charge on any atom is -0.465 e. The first-order valence-corrected chi connectivity index (χ1v) is 46.9. The molecule has 35 heteroatoms. The van der Waals surface area contributed by atoms with Crippen molar-refractivity contribution in [1.82, 2.24) is 41.9 Å². The predicted molar refractivity (Wildman–Crippen MR) is 478 cm³/mol. The molecule has 0 heterocycles. The van der Waals surface area contributed by atoms with E-state index in [1.807, 2.05) is 216 Å². The van der Waals surface area contributed by atoms with Gasteiger partial charge in [-0.3, -0.25) is 46.5 Å². The molecule has 0 fully saturated rings. The Balaban J connectivity index is 0.000000356. The van der Waals surface area contributed by atoms with Crippen LogP contribution in [-0.4, -0.2) is 185 Å². The number of hydrogen-bond donors (Lipinski definition) is 11. The number of aryl methyl sites for hydroxylation is 1. The number of alkyl carbamates (subject to hydrolysis) is 1. The topological polar surface area (TPSA) is 479 Å². The Labute approximate surface area is 729 Å². The molecule has 0 aliphatic heterocycles. The number of nitrogens with two attached hydrogens (primary N) is 2. The van der Waals surface area contributed by atoms with Crippen LogP contribution in [0.15, 0.2) is 224 Å². The summed E-state index contributed by atoms with van der Waals surface area (Å²) in [5.41, 5.74) is 16.2. The van der Waals surface area contributed by atoms with Gasteiger partial charge in [-0.05, 0) is 129 Å². The van der Waals surface area contributed by atoms with Gasteiger partial charge >= 0.3 is 12.1 Å². The molecule has 676 valence electrons. The van der Waals surface area contributed by atoms with Gasteiger partial charge in [0.15, 0.2) is 0 Å². The van der Waals surface area contributed by atoms with Gasteiger partial charge in [0.2, 0.25) is 33.7 Å². The molecule has 0 radical (unpaired) electrons. The average molecular weight is 1790 g/mol. The van der Waals surface area contributed by atoms with E-state index in [0.29, 0.717) is 18.4 Å². The minimum atomic E-state index is -4.17. The van der Waals surface area contributed by atoms with Gasteiger partial charge in [-0.15, -0.1) is 0 Å². The number of hydrogen-bond acceptors (Lipinski definition) is 22. The highest BCUT2D eigenvalue weighted by Crippen LogP contribution is 2.15. The molecule has 7 amide bonds. The van der Waals surface area contributed by atoms with Gasteiger partial charge in [-0.25, -0.2) is 17.9 Å². The van der Waals surface area contributed by atoms with Crippen molar-refractivity contribution in [2.75, 3.05) is 69.0 Å². The van der Waals surface area contributed by atoms with Crippen LogP contribution in [0.4, 0.5) is 4.79 Å². The van der Waals surface area contributed by atoms with Gasteiger partial charge in [0.05, 0.1) is 48.5 Å². The molecular formula is C89H120N10O21S4. The van der Waals surface area contributed by atoms with E-state index in [0.717, 1.165) is 33.4 Å². The number of sulfonamides is 1. The molecule has 124 heavy (non-hydrogen) atoms. The molecule has 4 atom stereocenters. The highest BCUT2D eigenvalue weighted by molar-refractivity contribution is 7.89. The maximum absolute atomic E-state index is 13.4. The lowest BCUT2D eigenvalue weighted by atomic mass is 10.0. The molecule has 0 saturated carbocycles. The molecule has 0 bridgehead atoms. The third-order valence-corrected chi connectivity index (χ3v) is 21.7. The second-order valence-corrected chi connectivity index (χ2v) is 37.1. The summed E-state index contributed by atoms with van der Waals surface area (Å²) >= 11 is 0. The van der Waals surface area contributed by atoms with Crippen molar-refractivity contribution in [2.45, 2.75) is 143 Å². The lowest BCUT2D eigenvalue weighted by Crippen LogP contribution is -2.50. The lowest BCUT2D eigenvalue weighted by Gasteiger charge is -2.24. The summed E-state index contributed by atoms with van der Waals surface area (Å²) in [5.74, 6) is -4.56. The molecule has 0 saturated heterocycles. The SMILES string of the molecule is CC(C)COS(=O)(=O)CCCNC(=O)/C(=C\c1ccccc1)NC(=O)[C@H](Cc1ccccc1)NC(=O)OC(C)(C)C.CC(C)COS(=O)(=O)CCCNC(=O)[C@H](Cc1ccccc1)NC(=O)/C(N)=C/c1ccccc1.CCOC(=O)[C@H](Cc1ccccc1)NS(=O)(=O)CCCN.O=C(CCc1ccccc1)NC(Cc1ccccc1)C(=O)NCCS(=O)(=O)O.